The number of carbonyl (C=O) groups is 1. The van der Waals surface area contributed by atoms with Gasteiger partial charge in [-0.15, -0.1) is 0 Å². The third-order valence-corrected chi connectivity index (χ3v) is 4.55. The third kappa shape index (κ3) is 4.57. The number of aromatic nitrogens is 1. The molecule has 0 N–H and O–H groups in total. The Labute approximate surface area is 144 Å². The lowest BCUT2D eigenvalue weighted by Crippen LogP contribution is -2.49. The maximum Gasteiger partial charge on any atom is 0.222 e. The predicted molar refractivity (Wildman–Crippen MR) is 97.0 cm³/mol. The van der Waals surface area contributed by atoms with Crippen molar-refractivity contribution in [3.8, 4) is 0 Å². The van der Waals surface area contributed by atoms with Gasteiger partial charge in [-0.05, 0) is 37.0 Å². The number of piperazine rings is 1. The SMILES string of the molecule is O=C(CCCCc1ccccc1)N1CCN(c2ccccn2)CC1. The fraction of sp³-hybridized carbons (Fsp3) is 0.400. The highest BCUT2D eigenvalue weighted by Gasteiger charge is 2.21. The lowest BCUT2D eigenvalue weighted by atomic mass is 10.1. The van der Waals surface area contributed by atoms with Crippen LogP contribution in [-0.4, -0.2) is 42.0 Å². The van der Waals surface area contributed by atoms with E-state index in [0.717, 1.165) is 51.3 Å². The minimum atomic E-state index is 0.295. The first-order valence-electron chi connectivity index (χ1n) is 8.80. The Morgan fingerprint density at radius 1 is 0.917 bits per heavy atom. The van der Waals surface area contributed by atoms with E-state index in [-0.39, 0.29) is 0 Å². The molecule has 24 heavy (non-hydrogen) atoms. The fourth-order valence-corrected chi connectivity index (χ4v) is 3.13. The molecular weight excluding hydrogens is 298 g/mol. The van der Waals surface area contributed by atoms with Crippen molar-refractivity contribution in [1.29, 1.82) is 0 Å². The predicted octanol–water partition coefficient (Wildman–Crippen LogP) is 3.14. The first-order valence-corrected chi connectivity index (χ1v) is 8.80. The molecule has 0 radical (unpaired) electrons. The number of rotatable bonds is 6. The van der Waals surface area contributed by atoms with Gasteiger partial charge in [0.05, 0.1) is 0 Å². The molecule has 1 aromatic carbocycles. The van der Waals surface area contributed by atoms with Crippen LogP contribution in [0.15, 0.2) is 54.7 Å². The Balaban J connectivity index is 1.36. The highest BCUT2D eigenvalue weighted by molar-refractivity contribution is 5.76. The van der Waals surface area contributed by atoms with Crippen molar-refractivity contribution in [2.75, 3.05) is 31.1 Å². The zero-order chi connectivity index (χ0) is 16.6. The molecule has 3 rings (SSSR count). The Morgan fingerprint density at radius 2 is 1.67 bits per heavy atom. The number of aryl methyl sites for hydroxylation is 1. The van der Waals surface area contributed by atoms with Gasteiger partial charge in [0.15, 0.2) is 0 Å². The van der Waals surface area contributed by atoms with E-state index in [2.05, 4.69) is 34.1 Å². The summed E-state index contributed by atoms with van der Waals surface area (Å²) in [5.74, 6) is 1.30. The summed E-state index contributed by atoms with van der Waals surface area (Å²) in [6, 6.07) is 16.4. The van der Waals surface area contributed by atoms with Gasteiger partial charge in [-0.3, -0.25) is 4.79 Å². The Morgan fingerprint density at radius 3 is 2.38 bits per heavy atom. The summed E-state index contributed by atoms with van der Waals surface area (Å²) in [6.07, 6.45) is 5.58. The standard InChI is InChI=1S/C20H25N3O/c24-20(12-5-4-10-18-8-2-1-3-9-18)23-16-14-22(15-17-23)19-11-6-7-13-21-19/h1-3,6-9,11,13H,4-5,10,12,14-17H2. The van der Waals surface area contributed by atoms with E-state index in [0.29, 0.717) is 12.3 Å². The smallest absolute Gasteiger partial charge is 0.222 e. The number of hydrogen-bond donors (Lipinski definition) is 0. The molecule has 0 spiro atoms. The second kappa shape index (κ2) is 8.48. The van der Waals surface area contributed by atoms with E-state index in [1.165, 1.54) is 5.56 Å². The van der Waals surface area contributed by atoms with Crippen LogP contribution in [0, 0.1) is 0 Å². The minimum Gasteiger partial charge on any atom is -0.353 e. The summed E-state index contributed by atoms with van der Waals surface area (Å²) in [7, 11) is 0. The van der Waals surface area contributed by atoms with Gasteiger partial charge < -0.3 is 9.80 Å². The number of pyridine rings is 1. The van der Waals surface area contributed by atoms with Crippen molar-refractivity contribution < 1.29 is 4.79 Å². The maximum atomic E-state index is 12.3. The van der Waals surface area contributed by atoms with Crippen molar-refractivity contribution >= 4 is 11.7 Å². The number of carbonyl (C=O) groups excluding carboxylic acids is 1. The van der Waals surface area contributed by atoms with Crippen molar-refractivity contribution in [3.05, 3.63) is 60.3 Å². The van der Waals surface area contributed by atoms with Crippen molar-refractivity contribution in [3.63, 3.8) is 0 Å². The van der Waals surface area contributed by atoms with Gasteiger partial charge >= 0.3 is 0 Å². The Kier molecular flexibility index (Phi) is 5.83. The molecule has 4 heteroatoms. The molecule has 1 fully saturated rings. The second-order valence-electron chi connectivity index (χ2n) is 6.25. The molecule has 1 aliphatic rings. The van der Waals surface area contributed by atoms with Crippen molar-refractivity contribution in [2.24, 2.45) is 0 Å². The van der Waals surface area contributed by atoms with Gasteiger partial charge in [-0.25, -0.2) is 4.98 Å². The van der Waals surface area contributed by atoms with Crippen LogP contribution in [0.4, 0.5) is 5.82 Å². The Hall–Kier alpha value is -2.36. The summed E-state index contributed by atoms with van der Waals surface area (Å²) in [5.41, 5.74) is 1.36. The normalized spacial score (nSPS) is 14.7. The Bertz CT molecular complexity index is 622. The van der Waals surface area contributed by atoms with Crippen molar-refractivity contribution in [2.45, 2.75) is 25.7 Å². The summed E-state index contributed by atoms with van der Waals surface area (Å²) in [5, 5.41) is 0. The van der Waals surface area contributed by atoms with Gasteiger partial charge in [0, 0.05) is 38.8 Å². The van der Waals surface area contributed by atoms with Crippen LogP contribution in [0.3, 0.4) is 0 Å². The van der Waals surface area contributed by atoms with Crippen LogP contribution in [0.2, 0.25) is 0 Å². The third-order valence-electron chi connectivity index (χ3n) is 4.55. The molecule has 0 saturated carbocycles. The highest BCUT2D eigenvalue weighted by Crippen LogP contribution is 2.14. The monoisotopic (exact) mass is 323 g/mol. The van der Waals surface area contributed by atoms with Crippen LogP contribution >= 0.6 is 0 Å². The minimum absolute atomic E-state index is 0.295. The molecular formula is C20H25N3O. The zero-order valence-corrected chi connectivity index (χ0v) is 14.1. The summed E-state index contributed by atoms with van der Waals surface area (Å²) >= 11 is 0. The summed E-state index contributed by atoms with van der Waals surface area (Å²) in [4.78, 5) is 21.0. The number of nitrogens with zero attached hydrogens (tertiary/aromatic N) is 3. The molecule has 1 saturated heterocycles. The lowest BCUT2D eigenvalue weighted by Gasteiger charge is -2.35. The van der Waals surface area contributed by atoms with Crippen molar-refractivity contribution in [1.82, 2.24) is 9.88 Å². The van der Waals surface area contributed by atoms with E-state index < -0.39 is 0 Å². The first kappa shape index (κ1) is 16.5. The largest absolute Gasteiger partial charge is 0.353 e. The van der Waals surface area contributed by atoms with Gasteiger partial charge in [-0.2, -0.15) is 0 Å². The van der Waals surface area contributed by atoms with Gasteiger partial charge in [0.1, 0.15) is 5.82 Å². The van der Waals surface area contributed by atoms with Crippen LogP contribution in [0.5, 0.6) is 0 Å². The molecule has 0 atom stereocenters. The van der Waals surface area contributed by atoms with E-state index >= 15 is 0 Å². The van der Waals surface area contributed by atoms with Gasteiger partial charge in [-0.1, -0.05) is 36.4 Å². The number of hydrogen-bond acceptors (Lipinski definition) is 3. The van der Waals surface area contributed by atoms with E-state index in [9.17, 15) is 4.79 Å². The number of benzene rings is 1. The van der Waals surface area contributed by atoms with E-state index in [1.807, 2.05) is 35.4 Å². The summed E-state index contributed by atoms with van der Waals surface area (Å²) < 4.78 is 0. The van der Waals surface area contributed by atoms with Gasteiger partial charge in [0.2, 0.25) is 5.91 Å². The molecule has 4 nitrogen and oxygen atoms in total. The molecule has 126 valence electrons. The lowest BCUT2D eigenvalue weighted by molar-refractivity contribution is -0.131. The highest BCUT2D eigenvalue weighted by atomic mass is 16.2. The van der Waals surface area contributed by atoms with Gasteiger partial charge in [0.25, 0.3) is 0 Å². The topological polar surface area (TPSA) is 36.4 Å². The molecule has 0 unspecified atom stereocenters. The summed E-state index contributed by atoms with van der Waals surface area (Å²) in [6.45, 7) is 3.34. The second-order valence-corrected chi connectivity index (χ2v) is 6.25. The average Bonchev–Trinajstić information content (AvgIpc) is 2.67. The fourth-order valence-electron chi connectivity index (χ4n) is 3.13. The number of anilines is 1. The molecule has 1 aromatic heterocycles. The molecule has 1 amide bonds. The maximum absolute atomic E-state index is 12.3. The molecule has 0 bridgehead atoms. The van der Waals surface area contributed by atoms with Crippen LogP contribution in [0.25, 0.3) is 0 Å². The number of unbranched alkanes of at least 4 members (excludes halogenated alkanes) is 1. The van der Waals surface area contributed by atoms with E-state index in [1.54, 1.807) is 0 Å². The van der Waals surface area contributed by atoms with Crippen LogP contribution in [0.1, 0.15) is 24.8 Å². The zero-order valence-electron chi connectivity index (χ0n) is 14.1. The van der Waals surface area contributed by atoms with E-state index in [4.69, 9.17) is 0 Å². The van der Waals surface area contributed by atoms with Crippen LogP contribution in [-0.2, 0) is 11.2 Å². The number of amides is 1. The molecule has 2 heterocycles. The molecule has 1 aliphatic heterocycles. The average molecular weight is 323 g/mol. The van der Waals surface area contributed by atoms with Crippen LogP contribution < -0.4 is 4.90 Å². The molecule has 0 aliphatic carbocycles. The first-order chi connectivity index (χ1) is 11.8. The quantitative estimate of drug-likeness (QED) is 0.766. The molecule has 2 aromatic rings.